The van der Waals surface area contributed by atoms with Gasteiger partial charge in [0.1, 0.15) is 5.60 Å². The van der Waals surface area contributed by atoms with Gasteiger partial charge in [-0.25, -0.2) is 9.59 Å². The summed E-state index contributed by atoms with van der Waals surface area (Å²) in [4.78, 5) is 23.9. The number of likely N-dealkylation sites (tertiary alicyclic amines) is 1. The number of carbonyl (C=O) groups excluding carboxylic acids is 1. The second kappa shape index (κ2) is 5.21. The summed E-state index contributed by atoms with van der Waals surface area (Å²) in [6.07, 6.45) is 3.89. The summed E-state index contributed by atoms with van der Waals surface area (Å²) in [5.74, 6) is -0.999. The molecular formula is C12H19NO4. The Hall–Kier alpha value is -1.52. The van der Waals surface area contributed by atoms with Gasteiger partial charge in [-0.15, -0.1) is 0 Å². The summed E-state index contributed by atoms with van der Waals surface area (Å²) in [7, 11) is 0. The Kier molecular flexibility index (Phi) is 4.15. The largest absolute Gasteiger partial charge is 0.478 e. The molecule has 1 aliphatic rings. The van der Waals surface area contributed by atoms with Gasteiger partial charge in [0.2, 0.25) is 0 Å². The Labute approximate surface area is 101 Å². The van der Waals surface area contributed by atoms with Crippen LogP contribution in [0.2, 0.25) is 0 Å². The number of ether oxygens (including phenoxy) is 1. The molecule has 1 aliphatic heterocycles. The summed E-state index contributed by atoms with van der Waals surface area (Å²) < 4.78 is 5.26. The Morgan fingerprint density at radius 2 is 2.06 bits per heavy atom. The second-order valence-electron chi connectivity index (χ2n) is 5.08. The average Bonchev–Trinajstić information content (AvgIpc) is 2.59. The first-order valence-corrected chi connectivity index (χ1v) is 5.70. The maximum atomic E-state index is 11.8. The van der Waals surface area contributed by atoms with Crippen molar-refractivity contribution in [2.75, 3.05) is 6.54 Å². The zero-order valence-electron chi connectivity index (χ0n) is 10.5. The molecule has 0 aromatic rings. The van der Waals surface area contributed by atoms with Crippen molar-refractivity contribution in [2.24, 2.45) is 0 Å². The van der Waals surface area contributed by atoms with Crippen molar-refractivity contribution in [3.05, 3.63) is 12.2 Å². The number of carboxylic acids is 1. The van der Waals surface area contributed by atoms with Crippen molar-refractivity contribution < 1.29 is 19.4 Å². The zero-order chi connectivity index (χ0) is 13.1. The minimum atomic E-state index is -0.999. The molecule has 1 rings (SSSR count). The molecule has 1 fully saturated rings. The third kappa shape index (κ3) is 4.46. The van der Waals surface area contributed by atoms with Gasteiger partial charge in [-0.3, -0.25) is 0 Å². The Balaban J connectivity index is 2.63. The van der Waals surface area contributed by atoms with Crippen LogP contribution in [0.3, 0.4) is 0 Å². The van der Waals surface area contributed by atoms with Crippen LogP contribution in [0.4, 0.5) is 4.79 Å². The lowest BCUT2D eigenvalue weighted by Gasteiger charge is -2.27. The summed E-state index contributed by atoms with van der Waals surface area (Å²) in [6.45, 7) is 6.04. The van der Waals surface area contributed by atoms with Crippen LogP contribution < -0.4 is 0 Å². The number of carboxylic acid groups (broad SMARTS) is 1. The lowest BCUT2D eigenvalue weighted by molar-refractivity contribution is -0.131. The normalized spacial score (nSPS) is 20.9. The SMILES string of the molecule is CC(C)(C)OC(=O)N1CCCC1/C=C/C(=O)O. The van der Waals surface area contributed by atoms with E-state index in [4.69, 9.17) is 9.84 Å². The minimum Gasteiger partial charge on any atom is -0.478 e. The molecule has 96 valence electrons. The first-order valence-electron chi connectivity index (χ1n) is 5.70. The summed E-state index contributed by atoms with van der Waals surface area (Å²) in [6, 6.07) is -0.166. The number of aliphatic carboxylic acids is 1. The Bertz CT molecular complexity index is 330. The van der Waals surface area contributed by atoms with Crippen LogP contribution in [0.25, 0.3) is 0 Å². The minimum absolute atomic E-state index is 0.166. The van der Waals surface area contributed by atoms with Crippen LogP contribution in [-0.4, -0.2) is 40.3 Å². The number of amides is 1. The van der Waals surface area contributed by atoms with E-state index < -0.39 is 11.6 Å². The van der Waals surface area contributed by atoms with Crippen LogP contribution in [0, 0.1) is 0 Å². The van der Waals surface area contributed by atoms with E-state index >= 15 is 0 Å². The van der Waals surface area contributed by atoms with Crippen molar-refractivity contribution in [2.45, 2.75) is 45.3 Å². The van der Waals surface area contributed by atoms with Crippen molar-refractivity contribution in [1.29, 1.82) is 0 Å². The molecule has 1 atom stereocenters. The van der Waals surface area contributed by atoms with Gasteiger partial charge in [-0.2, -0.15) is 0 Å². The smallest absolute Gasteiger partial charge is 0.410 e. The van der Waals surface area contributed by atoms with E-state index in [1.165, 1.54) is 0 Å². The third-order valence-corrected chi connectivity index (χ3v) is 2.39. The van der Waals surface area contributed by atoms with Crippen molar-refractivity contribution in [3.8, 4) is 0 Å². The lowest BCUT2D eigenvalue weighted by atomic mass is 10.2. The second-order valence-corrected chi connectivity index (χ2v) is 5.08. The Morgan fingerprint density at radius 3 is 2.59 bits per heavy atom. The number of carbonyl (C=O) groups is 2. The van der Waals surface area contributed by atoms with Gasteiger partial charge in [0.25, 0.3) is 0 Å². The molecule has 5 nitrogen and oxygen atoms in total. The standard InChI is InChI=1S/C12H19NO4/c1-12(2,3)17-11(16)13-8-4-5-9(13)6-7-10(14)15/h6-7,9H,4-5,8H2,1-3H3,(H,14,15)/b7-6+. The van der Waals surface area contributed by atoms with E-state index in [1.54, 1.807) is 11.0 Å². The van der Waals surface area contributed by atoms with Gasteiger partial charge in [0.15, 0.2) is 0 Å². The fourth-order valence-corrected chi connectivity index (χ4v) is 1.73. The molecule has 0 aliphatic carbocycles. The molecule has 1 unspecified atom stereocenters. The Morgan fingerprint density at radius 1 is 1.41 bits per heavy atom. The maximum absolute atomic E-state index is 11.8. The number of nitrogens with zero attached hydrogens (tertiary/aromatic N) is 1. The average molecular weight is 241 g/mol. The quantitative estimate of drug-likeness (QED) is 0.751. The van der Waals surface area contributed by atoms with E-state index in [2.05, 4.69) is 0 Å². The topological polar surface area (TPSA) is 66.8 Å². The lowest BCUT2D eigenvalue weighted by Crippen LogP contribution is -2.39. The van der Waals surface area contributed by atoms with Crippen molar-refractivity contribution in [1.82, 2.24) is 4.90 Å². The van der Waals surface area contributed by atoms with E-state index in [9.17, 15) is 9.59 Å². The molecule has 0 bridgehead atoms. The molecule has 1 saturated heterocycles. The van der Waals surface area contributed by atoms with Gasteiger partial charge in [0.05, 0.1) is 6.04 Å². The molecular weight excluding hydrogens is 222 g/mol. The summed E-state index contributed by atoms with van der Waals surface area (Å²) in [5, 5.41) is 8.56. The molecule has 0 aromatic heterocycles. The molecule has 0 aromatic carbocycles. The van der Waals surface area contributed by atoms with Crippen LogP contribution in [0.5, 0.6) is 0 Å². The first-order chi connectivity index (χ1) is 7.79. The zero-order valence-corrected chi connectivity index (χ0v) is 10.5. The van der Waals surface area contributed by atoms with Gasteiger partial charge < -0.3 is 14.7 Å². The fraction of sp³-hybridized carbons (Fsp3) is 0.667. The van der Waals surface area contributed by atoms with Crippen LogP contribution in [0.1, 0.15) is 33.6 Å². The van der Waals surface area contributed by atoms with E-state index in [0.717, 1.165) is 18.9 Å². The predicted octanol–water partition coefficient (Wildman–Crippen LogP) is 2.03. The van der Waals surface area contributed by atoms with Crippen molar-refractivity contribution in [3.63, 3.8) is 0 Å². The molecule has 1 heterocycles. The molecule has 0 radical (unpaired) electrons. The monoisotopic (exact) mass is 241 g/mol. The van der Waals surface area contributed by atoms with E-state index in [-0.39, 0.29) is 12.1 Å². The highest BCUT2D eigenvalue weighted by molar-refractivity contribution is 5.80. The number of rotatable bonds is 2. The van der Waals surface area contributed by atoms with Crippen LogP contribution in [-0.2, 0) is 9.53 Å². The molecule has 0 saturated carbocycles. The van der Waals surface area contributed by atoms with Crippen LogP contribution >= 0.6 is 0 Å². The van der Waals surface area contributed by atoms with E-state index in [1.807, 2.05) is 20.8 Å². The first kappa shape index (κ1) is 13.5. The van der Waals surface area contributed by atoms with Gasteiger partial charge in [-0.1, -0.05) is 6.08 Å². The highest BCUT2D eigenvalue weighted by Crippen LogP contribution is 2.21. The fourth-order valence-electron chi connectivity index (χ4n) is 1.73. The summed E-state index contributed by atoms with van der Waals surface area (Å²) in [5.41, 5.74) is -0.527. The maximum Gasteiger partial charge on any atom is 0.410 e. The number of hydrogen-bond donors (Lipinski definition) is 1. The molecule has 17 heavy (non-hydrogen) atoms. The van der Waals surface area contributed by atoms with Gasteiger partial charge >= 0.3 is 12.1 Å². The molecule has 1 amide bonds. The van der Waals surface area contributed by atoms with Gasteiger partial charge in [-0.05, 0) is 33.6 Å². The molecule has 0 spiro atoms. The summed E-state index contributed by atoms with van der Waals surface area (Å²) >= 11 is 0. The number of hydrogen-bond acceptors (Lipinski definition) is 3. The molecule has 5 heteroatoms. The highest BCUT2D eigenvalue weighted by Gasteiger charge is 2.30. The molecule has 1 N–H and O–H groups in total. The predicted molar refractivity (Wildman–Crippen MR) is 62.7 cm³/mol. The third-order valence-electron chi connectivity index (χ3n) is 2.39. The van der Waals surface area contributed by atoms with Crippen LogP contribution in [0.15, 0.2) is 12.2 Å². The van der Waals surface area contributed by atoms with Gasteiger partial charge in [0, 0.05) is 12.6 Å². The highest BCUT2D eigenvalue weighted by atomic mass is 16.6. The van der Waals surface area contributed by atoms with Crippen molar-refractivity contribution >= 4 is 12.1 Å². The van der Waals surface area contributed by atoms with E-state index in [0.29, 0.717) is 6.54 Å².